The first-order valence-corrected chi connectivity index (χ1v) is 9.30. The molecule has 0 unspecified atom stereocenters. The van der Waals surface area contributed by atoms with Gasteiger partial charge in [-0.3, -0.25) is 0 Å². The van der Waals surface area contributed by atoms with Gasteiger partial charge < -0.3 is 17.5 Å². The molecule has 0 aliphatic rings. The van der Waals surface area contributed by atoms with E-state index in [2.05, 4.69) is 8.37 Å². The van der Waals surface area contributed by atoms with Crippen molar-refractivity contribution in [2.45, 2.75) is 0 Å². The van der Waals surface area contributed by atoms with Crippen LogP contribution in [0.4, 0.5) is 43.9 Å². The maximum Gasteiger partial charge on any atom is 2.00 e. The molecule has 1 radical (unpaired) electrons. The van der Waals surface area contributed by atoms with Crippen molar-refractivity contribution in [2.75, 3.05) is 0 Å². The fraction of sp³-hybridized carbons (Fsp3) is 0. The van der Waals surface area contributed by atoms with Crippen molar-refractivity contribution in [1.29, 1.82) is 0 Å². The SMILES string of the molecule is O=S(=O)([O-])Oc1c(F)c(F)c(F)c(F)c1F.O=S(=O)([O-])Oc1c(F)c(F)c(F)c(F)c1F.[Cu+2]. The molecule has 0 atom stereocenters. The normalized spacial score (nSPS) is 11.3. The van der Waals surface area contributed by atoms with Crippen LogP contribution in [0.15, 0.2) is 0 Å². The first kappa shape index (κ1) is 30.7. The van der Waals surface area contributed by atoms with Crippen LogP contribution in [0.25, 0.3) is 0 Å². The van der Waals surface area contributed by atoms with E-state index >= 15 is 0 Å². The number of halogens is 10. The average molecular weight is 590 g/mol. The molecule has 2 rings (SSSR count). The van der Waals surface area contributed by atoms with E-state index in [0.29, 0.717) is 0 Å². The van der Waals surface area contributed by atoms with Gasteiger partial charge in [0, 0.05) is 0 Å². The van der Waals surface area contributed by atoms with E-state index in [4.69, 9.17) is 0 Å². The van der Waals surface area contributed by atoms with Crippen molar-refractivity contribution < 1.29 is 95.3 Å². The maximum atomic E-state index is 12.7. The molecule has 0 N–H and O–H groups in total. The quantitative estimate of drug-likeness (QED) is 0.133. The molecule has 189 valence electrons. The Labute approximate surface area is 186 Å². The Hall–Kier alpha value is -2.32. The van der Waals surface area contributed by atoms with Crippen LogP contribution in [0.3, 0.4) is 0 Å². The first-order chi connectivity index (χ1) is 14.3. The summed E-state index contributed by atoms with van der Waals surface area (Å²) in [5.74, 6) is -29.2. The van der Waals surface area contributed by atoms with Crippen LogP contribution in [0.5, 0.6) is 11.5 Å². The van der Waals surface area contributed by atoms with Gasteiger partial charge in [0.05, 0.1) is 0 Å². The van der Waals surface area contributed by atoms with Crippen LogP contribution in [0, 0.1) is 58.2 Å². The van der Waals surface area contributed by atoms with E-state index in [1.807, 2.05) is 0 Å². The molecular formula is C12CuF10O8S2. The molecule has 2 aromatic rings. The number of rotatable bonds is 4. The van der Waals surface area contributed by atoms with Crippen LogP contribution in [0.2, 0.25) is 0 Å². The summed E-state index contributed by atoms with van der Waals surface area (Å²) in [6, 6.07) is 0. The molecule has 0 heterocycles. The second-order valence-electron chi connectivity index (χ2n) is 4.78. The zero-order valence-electron chi connectivity index (χ0n) is 14.2. The standard InChI is InChI=1S/2C6HF5O4S.Cu/c2*7-1-2(8)4(10)6(5(11)3(1)9)15-16(12,13)14;/h2*(H,12,13,14);/q;;+2/p-2. The van der Waals surface area contributed by atoms with Gasteiger partial charge in [-0.2, -0.15) is 17.6 Å². The van der Waals surface area contributed by atoms with Crippen molar-refractivity contribution in [1.82, 2.24) is 0 Å². The molecular weight excluding hydrogens is 590 g/mol. The molecule has 33 heavy (non-hydrogen) atoms. The molecule has 0 amide bonds. The Morgan fingerprint density at radius 1 is 0.424 bits per heavy atom. The van der Waals surface area contributed by atoms with E-state index in [9.17, 15) is 69.8 Å². The van der Waals surface area contributed by atoms with E-state index in [1.165, 1.54) is 0 Å². The Morgan fingerprint density at radius 3 is 0.727 bits per heavy atom. The molecule has 0 fully saturated rings. The number of benzene rings is 2. The number of hydrogen-bond acceptors (Lipinski definition) is 8. The fourth-order valence-corrected chi connectivity index (χ4v) is 2.22. The minimum absolute atomic E-state index is 0. The molecule has 8 nitrogen and oxygen atoms in total. The molecule has 0 bridgehead atoms. The zero-order chi connectivity index (χ0) is 25.3. The Kier molecular flexibility index (Phi) is 9.98. The third kappa shape index (κ3) is 7.33. The van der Waals surface area contributed by atoms with Crippen LogP contribution in [0.1, 0.15) is 0 Å². The van der Waals surface area contributed by atoms with Gasteiger partial charge in [0.25, 0.3) is 20.8 Å². The summed E-state index contributed by atoms with van der Waals surface area (Å²) in [7, 11) is -11.3. The van der Waals surface area contributed by atoms with Crippen molar-refractivity contribution in [3.8, 4) is 11.5 Å². The largest absolute Gasteiger partial charge is 2.00 e. The summed E-state index contributed by atoms with van der Waals surface area (Å²) in [5.41, 5.74) is 0. The summed E-state index contributed by atoms with van der Waals surface area (Å²) in [6.07, 6.45) is 0. The summed E-state index contributed by atoms with van der Waals surface area (Å²) in [5, 5.41) is 0. The molecule has 0 aliphatic heterocycles. The molecule has 0 saturated heterocycles. The van der Waals surface area contributed by atoms with E-state index in [0.717, 1.165) is 0 Å². The van der Waals surface area contributed by atoms with Gasteiger partial charge in [-0.05, 0) is 0 Å². The Morgan fingerprint density at radius 2 is 0.576 bits per heavy atom. The van der Waals surface area contributed by atoms with Gasteiger partial charge in [0.2, 0.25) is 69.7 Å². The van der Waals surface area contributed by atoms with Crippen LogP contribution < -0.4 is 8.37 Å². The molecule has 0 aromatic heterocycles. The summed E-state index contributed by atoms with van der Waals surface area (Å²) >= 11 is 0. The second kappa shape index (κ2) is 10.7. The van der Waals surface area contributed by atoms with Gasteiger partial charge in [-0.1, -0.05) is 0 Å². The van der Waals surface area contributed by atoms with Crippen molar-refractivity contribution in [3.63, 3.8) is 0 Å². The monoisotopic (exact) mass is 589 g/mol. The minimum atomic E-state index is -5.65. The maximum absolute atomic E-state index is 12.7. The van der Waals surface area contributed by atoms with Crippen LogP contribution in [-0.2, 0) is 37.9 Å². The number of hydrogen-bond donors (Lipinski definition) is 0. The molecule has 21 heteroatoms. The first-order valence-electron chi connectivity index (χ1n) is 6.63. The third-order valence-electron chi connectivity index (χ3n) is 2.71. The smallest absolute Gasteiger partial charge is 0.716 e. The molecule has 0 spiro atoms. The summed E-state index contributed by atoms with van der Waals surface area (Å²) < 4.78 is 191. The minimum Gasteiger partial charge on any atom is -0.716 e. The Balaban J connectivity index is 0.000000602. The topological polar surface area (TPSA) is 133 Å². The van der Waals surface area contributed by atoms with Crippen molar-refractivity contribution in [3.05, 3.63) is 58.2 Å². The van der Waals surface area contributed by atoms with Crippen molar-refractivity contribution in [2.24, 2.45) is 0 Å². The van der Waals surface area contributed by atoms with Gasteiger partial charge in [-0.25, -0.2) is 43.2 Å². The van der Waals surface area contributed by atoms with Crippen LogP contribution >= 0.6 is 0 Å². The van der Waals surface area contributed by atoms with E-state index in [-0.39, 0.29) is 17.1 Å². The van der Waals surface area contributed by atoms with E-state index < -0.39 is 90.5 Å². The van der Waals surface area contributed by atoms with Crippen LogP contribution in [-0.4, -0.2) is 25.9 Å². The average Bonchev–Trinajstić information content (AvgIpc) is 2.67. The molecule has 0 aliphatic carbocycles. The summed E-state index contributed by atoms with van der Waals surface area (Å²) in [6.45, 7) is 0. The molecule has 0 saturated carbocycles. The predicted octanol–water partition coefficient (Wildman–Crippen LogP) is 2.44. The predicted molar refractivity (Wildman–Crippen MR) is 73.1 cm³/mol. The van der Waals surface area contributed by atoms with Gasteiger partial charge >= 0.3 is 17.1 Å². The Bertz CT molecular complexity index is 1130. The van der Waals surface area contributed by atoms with Gasteiger partial charge in [-0.15, -0.1) is 0 Å². The van der Waals surface area contributed by atoms with E-state index in [1.54, 1.807) is 0 Å². The van der Waals surface area contributed by atoms with Gasteiger partial charge in [0.15, 0.2) is 0 Å². The van der Waals surface area contributed by atoms with Crippen molar-refractivity contribution >= 4 is 20.8 Å². The third-order valence-corrected chi connectivity index (χ3v) is 3.45. The van der Waals surface area contributed by atoms with Gasteiger partial charge in [0.1, 0.15) is 0 Å². The second-order valence-corrected chi connectivity index (χ2v) is 6.75. The molecule has 2 aromatic carbocycles. The fourth-order valence-electron chi connectivity index (χ4n) is 1.52. The summed E-state index contributed by atoms with van der Waals surface area (Å²) in [4.78, 5) is 0. The zero-order valence-corrected chi connectivity index (χ0v) is 16.7.